The molecule has 2 aliphatic heterocycles. The second kappa shape index (κ2) is 5.32. The van der Waals surface area contributed by atoms with Gasteiger partial charge in [0.15, 0.2) is 0 Å². The first-order valence-corrected chi connectivity index (χ1v) is 10.4. The van der Waals surface area contributed by atoms with Crippen LogP contribution in [0.2, 0.25) is 0 Å². The minimum atomic E-state index is -3.12. The van der Waals surface area contributed by atoms with E-state index in [1.54, 1.807) is 4.31 Å². The summed E-state index contributed by atoms with van der Waals surface area (Å²) in [6, 6.07) is 16.6. The molecule has 130 valence electrons. The van der Waals surface area contributed by atoms with E-state index in [1.165, 1.54) is 11.1 Å². The molecule has 0 radical (unpaired) electrons. The topological polar surface area (TPSA) is 46.6 Å². The Morgan fingerprint density at radius 2 is 1.84 bits per heavy atom. The minimum absolute atomic E-state index is 0.139. The summed E-state index contributed by atoms with van der Waals surface area (Å²) in [4.78, 5) is 0. The van der Waals surface area contributed by atoms with E-state index in [1.807, 2.05) is 24.3 Å². The predicted molar refractivity (Wildman–Crippen MR) is 97.2 cm³/mol. The molecule has 25 heavy (non-hydrogen) atoms. The fourth-order valence-electron chi connectivity index (χ4n) is 4.14. The van der Waals surface area contributed by atoms with Crippen molar-refractivity contribution >= 4 is 10.0 Å². The van der Waals surface area contributed by atoms with Crippen LogP contribution in [0.15, 0.2) is 48.5 Å². The highest BCUT2D eigenvalue weighted by atomic mass is 32.2. The summed E-state index contributed by atoms with van der Waals surface area (Å²) in [5.41, 5.74) is 3.31. The van der Waals surface area contributed by atoms with Gasteiger partial charge in [0.2, 0.25) is 10.0 Å². The molecular weight excluding hydrogens is 334 g/mol. The summed E-state index contributed by atoms with van der Waals surface area (Å²) in [5, 5.41) is -0.139. The summed E-state index contributed by atoms with van der Waals surface area (Å²) in [6.07, 6.45) is 2.47. The maximum absolute atomic E-state index is 12.6. The molecule has 5 rings (SSSR count). The number of rotatable bonds is 3. The maximum atomic E-state index is 12.6. The van der Waals surface area contributed by atoms with Gasteiger partial charge in [0.05, 0.1) is 11.9 Å². The summed E-state index contributed by atoms with van der Waals surface area (Å²) < 4.78 is 32.9. The van der Waals surface area contributed by atoms with Crippen LogP contribution in [0, 0.1) is 0 Å². The van der Waals surface area contributed by atoms with E-state index in [0.717, 1.165) is 30.6 Å². The Morgan fingerprint density at radius 3 is 2.60 bits per heavy atom. The van der Waals surface area contributed by atoms with Crippen LogP contribution in [0.25, 0.3) is 11.1 Å². The van der Waals surface area contributed by atoms with Gasteiger partial charge in [0.25, 0.3) is 0 Å². The van der Waals surface area contributed by atoms with Gasteiger partial charge >= 0.3 is 0 Å². The monoisotopic (exact) mass is 355 g/mol. The van der Waals surface area contributed by atoms with Crippen molar-refractivity contribution in [1.82, 2.24) is 4.31 Å². The van der Waals surface area contributed by atoms with Gasteiger partial charge in [-0.1, -0.05) is 36.4 Å². The molecule has 2 aromatic rings. The Bertz CT molecular complexity index is 921. The third kappa shape index (κ3) is 2.41. The van der Waals surface area contributed by atoms with Crippen LogP contribution >= 0.6 is 0 Å². The summed E-state index contributed by atoms with van der Waals surface area (Å²) in [6.45, 7) is 1.74. The Balaban J connectivity index is 1.50. The molecule has 1 aliphatic carbocycles. The molecule has 1 spiro atoms. The average Bonchev–Trinajstić information content (AvgIpc) is 3.33. The predicted octanol–water partition coefficient (Wildman–Crippen LogP) is 3.18. The molecule has 0 bridgehead atoms. The number of hydrogen-bond donors (Lipinski definition) is 0. The maximum Gasteiger partial charge on any atom is 0.217 e. The third-order valence-electron chi connectivity index (χ3n) is 5.79. The molecule has 1 saturated heterocycles. The van der Waals surface area contributed by atoms with Gasteiger partial charge in [-0.2, -0.15) is 0 Å². The zero-order chi connectivity index (χ0) is 17.1. The van der Waals surface area contributed by atoms with E-state index in [0.29, 0.717) is 19.7 Å². The van der Waals surface area contributed by atoms with Crippen LogP contribution in [-0.2, 0) is 15.4 Å². The minimum Gasteiger partial charge on any atom is -0.492 e. The summed E-state index contributed by atoms with van der Waals surface area (Å²) in [5.74, 6) is 0.908. The molecule has 2 aromatic carbocycles. The Labute approximate surface area is 148 Å². The van der Waals surface area contributed by atoms with Gasteiger partial charge in [-0.05, 0) is 42.5 Å². The number of benzene rings is 2. The van der Waals surface area contributed by atoms with E-state index in [4.69, 9.17) is 4.74 Å². The molecule has 1 saturated carbocycles. The molecule has 1 unspecified atom stereocenters. The van der Waals surface area contributed by atoms with Crippen molar-refractivity contribution in [3.63, 3.8) is 0 Å². The highest BCUT2D eigenvalue weighted by Crippen LogP contribution is 2.47. The molecule has 0 N–H and O–H groups in total. The molecule has 0 aromatic heterocycles. The molecule has 1 atom stereocenters. The van der Waals surface area contributed by atoms with E-state index >= 15 is 0 Å². The van der Waals surface area contributed by atoms with Crippen molar-refractivity contribution in [2.75, 3.05) is 19.7 Å². The van der Waals surface area contributed by atoms with Crippen LogP contribution in [-0.4, -0.2) is 37.7 Å². The number of sulfonamides is 1. The lowest BCUT2D eigenvalue weighted by Crippen LogP contribution is -2.37. The second-order valence-corrected chi connectivity index (χ2v) is 9.69. The standard InChI is InChI=1S/C20H21NO3S/c22-25(23,17-7-8-17)21-11-10-20(13-21)14-24-19-9-6-16(12-18(19)20)15-4-2-1-3-5-15/h1-6,9,12,17H,7-8,10-11,13-14H2. The number of nitrogens with zero attached hydrogens (tertiary/aromatic N) is 1. The number of ether oxygens (including phenoxy) is 1. The Morgan fingerprint density at radius 1 is 1.04 bits per heavy atom. The first-order valence-electron chi connectivity index (χ1n) is 8.90. The van der Waals surface area contributed by atoms with Crippen molar-refractivity contribution < 1.29 is 13.2 Å². The van der Waals surface area contributed by atoms with E-state index in [9.17, 15) is 8.42 Å². The lowest BCUT2D eigenvalue weighted by Gasteiger charge is -2.23. The number of hydrogen-bond acceptors (Lipinski definition) is 3. The van der Waals surface area contributed by atoms with Gasteiger partial charge in [-0.25, -0.2) is 12.7 Å². The average molecular weight is 355 g/mol. The van der Waals surface area contributed by atoms with Crippen molar-refractivity contribution in [2.45, 2.75) is 29.9 Å². The highest BCUT2D eigenvalue weighted by Gasteiger charge is 2.51. The van der Waals surface area contributed by atoms with Crippen molar-refractivity contribution in [3.05, 3.63) is 54.1 Å². The Hall–Kier alpha value is -1.85. The van der Waals surface area contributed by atoms with Gasteiger partial charge in [-0.3, -0.25) is 0 Å². The lowest BCUT2D eigenvalue weighted by atomic mass is 9.81. The third-order valence-corrected chi connectivity index (χ3v) is 8.13. The van der Waals surface area contributed by atoms with E-state index in [-0.39, 0.29) is 10.7 Å². The molecule has 5 heteroatoms. The first kappa shape index (κ1) is 15.4. The van der Waals surface area contributed by atoms with Gasteiger partial charge < -0.3 is 4.74 Å². The van der Waals surface area contributed by atoms with Gasteiger partial charge in [0, 0.05) is 24.1 Å². The van der Waals surface area contributed by atoms with Crippen molar-refractivity contribution in [3.8, 4) is 16.9 Å². The van der Waals surface area contributed by atoms with Crippen LogP contribution < -0.4 is 4.74 Å². The van der Waals surface area contributed by atoms with Crippen LogP contribution in [0.5, 0.6) is 5.75 Å². The molecule has 3 aliphatic rings. The summed E-state index contributed by atoms with van der Waals surface area (Å²) in [7, 11) is -3.12. The second-order valence-electron chi connectivity index (χ2n) is 7.47. The molecular formula is C20H21NO3S. The lowest BCUT2D eigenvalue weighted by molar-refractivity contribution is 0.271. The van der Waals surface area contributed by atoms with Gasteiger partial charge in [0.1, 0.15) is 5.75 Å². The smallest absolute Gasteiger partial charge is 0.217 e. The zero-order valence-corrected chi connectivity index (χ0v) is 14.8. The molecule has 2 fully saturated rings. The van der Waals surface area contributed by atoms with Gasteiger partial charge in [-0.15, -0.1) is 0 Å². The highest BCUT2D eigenvalue weighted by molar-refractivity contribution is 7.90. The van der Waals surface area contributed by atoms with Crippen LogP contribution in [0.1, 0.15) is 24.8 Å². The largest absolute Gasteiger partial charge is 0.492 e. The fourth-order valence-corrected chi connectivity index (χ4v) is 6.07. The summed E-state index contributed by atoms with van der Waals surface area (Å²) >= 11 is 0. The first-order chi connectivity index (χ1) is 12.1. The fraction of sp³-hybridized carbons (Fsp3) is 0.400. The Kier molecular flexibility index (Phi) is 3.28. The van der Waals surface area contributed by atoms with E-state index < -0.39 is 10.0 Å². The zero-order valence-electron chi connectivity index (χ0n) is 14.0. The molecule has 0 amide bonds. The molecule has 4 nitrogen and oxygen atoms in total. The van der Waals surface area contributed by atoms with Crippen molar-refractivity contribution in [2.24, 2.45) is 0 Å². The number of fused-ring (bicyclic) bond motifs is 2. The SMILES string of the molecule is O=S(=O)(C1CC1)N1CCC2(COc3ccc(-c4ccccc4)cc32)C1. The van der Waals surface area contributed by atoms with E-state index in [2.05, 4.69) is 24.3 Å². The van der Waals surface area contributed by atoms with Crippen LogP contribution in [0.4, 0.5) is 0 Å². The van der Waals surface area contributed by atoms with Crippen molar-refractivity contribution in [1.29, 1.82) is 0 Å². The normalized spacial score (nSPS) is 25.9. The quantitative estimate of drug-likeness (QED) is 0.849. The van der Waals surface area contributed by atoms with Crippen LogP contribution in [0.3, 0.4) is 0 Å². The molecule has 2 heterocycles.